The predicted molar refractivity (Wildman–Crippen MR) is 151 cm³/mol. The zero-order valence-electron chi connectivity index (χ0n) is 25.8. The largest absolute Gasteiger partial charge is 0.462 e. The minimum atomic E-state index is -0.986. The van der Waals surface area contributed by atoms with Crippen molar-refractivity contribution in [2.75, 3.05) is 0 Å². The molecule has 4 fully saturated rings. The first-order chi connectivity index (χ1) is 18.2. The molecule has 6 heteroatoms. The minimum absolute atomic E-state index is 0.298. The van der Waals surface area contributed by atoms with Crippen LogP contribution in [0.4, 0.5) is 0 Å². The Morgan fingerprint density at radius 1 is 0.821 bits per heavy atom. The molecule has 0 aromatic rings. The van der Waals surface area contributed by atoms with Crippen LogP contribution in [0.25, 0.3) is 0 Å². The Bertz CT molecular complexity index is 929. The summed E-state index contributed by atoms with van der Waals surface area (Å²) in [6.45, 7) is 16.3. The third-order valence-electron chi connectivity index (χ3n) is 11.9. The van der Waals surface area contributed by atoms with Gasteiger partial charge in [-0.15, -0.1) is 0 Å². The highest BCUT2D eigenvalue weighted by Gasteiger charge is 2.71. The van der Waals surface area contributed by atoms with Crippen molar-refractivity contribution in [3.8, 4) is 0 Å². The molecule has 0 bridgehead atoms. The predicted octanol–water partition coefficient (Wildman–Crippen LogP) is 7.27. The van der Waals surface area contributed by atoms with Crippen LogP contribution in [-0.4, -0.2) is 35.7 Å². The Hall–Kier alpha value is -1.59. The maximum Gasteiger partial charge on any atom is 0.303 e. The van der Waals surface area contributed by atoms with Gasteiger partial charge in [-0.1, -0.05) is 53.9 Å². The third kappa shape index (κ3) is 5.52. The van der Waals surface area contributed by atoms with Crippen LogP contribution in [-0.2, 0) is 28.6 Å². The Morgan fingerprint density at radius 3 is 2.13 bits per heavy atom. The number of rotatable bonds is 8. The average molecular weight is 547 g/mol. The van der Waals surface area contributed by atoms with Gasteiger partial charge in [-0.2, -0.15) is 0 Å². The van der Waals surface area contributed by atoms with E-state index < -0.39 is 11.7 Å². The van der Waals surface area contributed by atoms with E-state index in [0.29, 0.717) is 36.0 Å². The van der Waals surface area contributed by atoms with E-state index in [4.69, 9.17) is 14.2 Å². The van der Waals surface area contributed by atoms with Crippen molar-refractivity contribution in [3.63, 3.8) is 0 Å². The van der Waals surface area contributed by atoms with Crippen molar-refractivity contribution in [2.45, 2.75) is 144 Å². The number of ether oxygens (including phenoxy) is 3. The number of esters is 3. The summed E-state index contributed by atoms with van der Waals surface area (Å²) in [7, 11) is 0. The summed E-state index contributed by atoms with van der Waals surface area (Å²) >= 11 is 0. The standard InChI is InChI=1S/C33H54O6/c1-20(2)10-9-11-21(3)27-12-13-28-26-18-30(38-23(5)35)33(39-24(6)36)19-25(37-22(4)34)14-17-32(33,8)29(26)15-16-31(27,28)7/h20-21,25-30H,9-19H2,1-8H3. The molecule has 10 atom stereocenters. The van der Waals surface area contributed by atoms with Crippen LogP contribution < -0.4 is 0 Å². The lowest BCUT2D eigenvalue weighted by Gasteiger charge is -2.66. The molecular weight excluding hydrogens is 492 g/mol. The molecule has 4 aliphatic rings. The van der Waals surface area contributed by atoms with E-state index in [-0.39, 0.29) is 29.4 Å². The molecule has 0 aromatic carbocycles. The molecule has 4 aliphatic carbocycles. The smallest absolute Gasteiger partial charge is 0.303 e. The number of carbonyl (C=O) groups excluding carboxylic acids is 3. The molecule has 222 valence electrons. The third-order valence-corrected chi connectivity index (χ3v) is 11.9. The van der Waals surface area contributed by atoms with Crippen molar-refractivity contribution < 1.29 is 28.6 Å². The molecule has 0 spiro atoms. The summed E-state index contributed by atoms with van der Waals surface area (Å²) in [4.78, 5) is 37.0. The lowest BCUT2D eigenvalue weighted by molar-refractivity contribution is -0.279. The van der Waals surface area contributed by atoms with E-state index in [0.717, 1.165) is 37.0 Å². The van der Waals surface area contributed by atoms with Gasteiger partial charge in [0.1, 0.15) is 12.2 Å². The van der Waals surface area contributed by atoms with Crippen molar-refractivity contribution in [3.05, 3.63) is 0 Å². The van der Waals surface area contributed by atoms with Gasteiger partial charge in [0, 0.05) is 32.6 Å². The first kappa shape index (κ1) is 30.4. The second kappa shape index (κ2) is 11.4. The van der Waals surface area contributed by atoms with Gasteiger partial charge < -0.3 is 14.2 Å². The van der Waals surface area contributed by atoms with Crippen LogP contribution in [0, 0.1) is 46.3 Å². The number of fused-ring (bicyclic) bond motifs is 5. The lowest BCUT2D eigenvalue weighted by Crippen LogP contribution is -2.70. The van der Waals surface area contributed by atoms with Crippen LogP contribution in [0.2, 0.25) is 0 Å². The second-order valence-electron chi connectivity index (χ2n) is 14.6. The van der Waals surface area contributed by atoms with Crippen LogP contribution >= 0.6 is 0 Å². The van der Waals surface area contributed by atoms with Gasteiger partial charge in [0.2, 0.25) is 0 Å². The number of hydrogen-bond donors (Lipinski definition) is 0. The fourth-order valence-electron chi connectivity index (χ4n) is 10.4. The summed E-state index contributed by atoms with van der Waals surface area (Å²) in [5, 5.41) is 0. The molecule has 4 saturated carbocycles. The van der Waals surface area contributed by atoms with Crippen molar-refractivity contribution in [1.82, 2.24) is 0 Å². The molecule has 0 saturated heterocycles. The average Bonchev–Trinajstić information content (AvgIpc) is 3.16. The van der Waals surface area contributed by atoms with Crippen LogP contribution in [0.3, 0.4) is 0 Å². The quantitative estimate of drug-likeness (QED) is 0.235. The Balaban J connectivity index is 1.66. The fraction of sp³-hybridized carbons (Fsp3) is 0.909. The molecule has 4 rings (SSSR count). The summed E-state index contributed by atoms with van der Waals surface area (Å²) < 4.78 is 18.1. The molecule has 6 nitrogen and oxygen atoms in total. The minimum Gasteiger partial charge on any atom is -0.462 e. The van der Waals surface area contributed by atoms with Gasteiger partial charge in [0.15, 0.2) is 5.60 Å². The van der Waals surface area contributed by atoms with Gasteiger partial charge in [-0.25, -0.2) is 0 Å². The van der Waals surface area contributed by atoms with Crippen LogP contribution in [0.1, 0.15) is 126 Å². The molecule has 0 heterocycles. The molecule has 39 heavy (non-hydrogen) atoms. The molecule has 0 N–H and O–H groups in total. The zero-order valence-corrected chi connectivity index (χ0v) is 25.8. The monoisotopic (exact) mass is 546 g/mol. The van der Waals surface area contributed by atoms with E-state index in [2.05, 4.69) is 34.6 Å². The first-order valence-corrected chi connectivity index (χ1v) is 15.8. The Morgan fingerprint density at radius 2 is 1.51 bits per heavy atom. The Labute approximate surface area is 236 Å². The van der Waals surface area contributed by atoms with E-state index >= 15 is 0 Å². The van der Waals surface area contributed by atoms with Crippen molar-refractivity contribution >= 4 is 17.9 Å². The highest BCUT2D eigenvalue weighted by atomic mass is 16.6. The van der Waals surface area contributed by atoms with Gasteiger partial charge in [0.05, 0.1) is 0 Å². The lowest BCUT2D eigenvalue weighted by atomic mass is 9.42. The molecule has 0 aliphatic heterocycles. The number of carbonyl (C=O) groups is 3. The summed E-state index contributed by atoms with van der Waals surface area (Å²) in [6.07, 6.45) is 10.5. The van der Waals surface area contributed by atoms with Crippen LogP contribution in [0.5, 0.6) is 0 Å². The Kier molecular flexibility index (Phi) is 8.84. The molecule has 10 unspecified atom stereocenters. The van der Waals surface area contributed by atoms with E-state index in [1.165, 1.54) is 59.3 Å². The molecule has 0 amide bonds. The van der Waals surface area contributed by atoms with Crippen molar-refractivity contribution in [1.29, 1.82) is 0 Å². The molecule has 0 aromatic heterocycles. The van der Waals surface area contributed by atoms with Gasteiger partial charge >= 0.3 is 17.9 Å². The summed E-state index contributed by atoms with van der Waals surface area (Å²) in [5.74, 6) is 2.58. The van der Waals surface area contributed by atoms with E-state index in [1.54, 1.807) is 0 Å². The molecular formula is C33H54O6. The second-order valence-corrected chi connectivity index (χ2v) is 14.6. The van der Waals surface area contributed by atoms with Crippen molar-refractivity contribution in [2.24, 2.45) is 46.3 Å². The maximum absolute atomic E-state index is 12.6. The highest BCUT2D eigenvalue weighted by molar-refractivity contribution is 5.68. The SMILES string of the molecule is CC(=O)OC1CCC2(C)C3CCC4(C)C(C(C)CCCC(C)C)CCC4C3CC(OC(C)=O)C2(OC(C)=O)C1. The number of hydrogen-bond acceptors (Lipinski definition) is 6. The van der Waals surface area contributed by atoms with E-state index in [1.807, 2.05) is 0 Å². The summed E-state index contributed by atoms with van der Waals surface area (Å²) in [5.41, 5.74) is -1.04. The van der Waals surface area contributed by atoms with Gasteiger partial charge in [-0.3, -0.25) is 14.4 Å². The fourth-order valence-corrected chi connectivity index (χ4v) is 10.4. The molecule has 0 radical (unpaired) electrons. The normalized spacial score (nSPS) is 42.1. The zero-order chi connectivity index (χ0) is 28.8. The van der Waals surface area contributed by atoms with Gasteiger partial charge in [-0.05, 0) is 85.9 Å². The van der Waals surface area contributed by atoms with E-state index in [9.17, 15) is 14.4 Å². The van der Waals surface area contributed by atoms with Gasteiger partial charge in [0.25, 0.3) is 0 Å². The topological polar surface area (TPSA) is 78.9 Å². The summed E-state index contributed by atoms with van der Waals surface area (Å²) in [6, 6.07) is 0. The highest BCUT2D eigenvalue weighted by Crippen LogP contribution is 2.70. The first-order valence-electron chi connectivity index (χ1n) is 15.8. The maximum atomic E-state index is 12.6. The van der Waals surface area contributed by atoms with Crippen LogP contribution in [0.15, 0.2) is 0 Å².